The highest BCUT2D eigenvalue weighted by Gasteiger charge is 2.22. The zero-order valence-electron chi connectivity index (χ0n) is 15.0. The Kier molecular flexibility index (Phi) is 5.71. The van der Waals surface area contributed by atoms with E-state index in [4.69, 9.17) is 4.74 Å². The first-order valence-electron chi connectivity index (χ1n) is 7.99. The van der Waals surface area contributed by atoms with Gasteiger partial charge in [-0.15, -0.1) is 0 Å². The number of carbonyl (C=O) groups excluding carboxylic acids is 4. The summed E-state index contributed by atoms with van der Waals surface area (Å²) < 4.78 is 6.64. The van der Waals surface area contributed by atoms with Gasteiger partial charge in [0, 0.05) is 24.4 Å². The average Bonchev–Trinajstić information content (AvgIpc) is 2.97. The van der Waals surface area contributed by atoms with Crippen LogP contribution >= 0.6 is 0 Å². The van der Waals surface area contributed by atoms with E-state index in [-0.39, 0.29) is 17.3 Å². The molecule has 7 nitrogen and oxygen atoms in total. The maximum atomic E-state index is 12.3. The van der Waals surface area contributed by atoms with Crippen molar-refractivity contribution >= 4 is 29.1 Å². The molecule has 1 aromatic carbocycles. The number of ketones is 2. The van der Waals surface area contributed by atoms with Gasteiger partial charge in [-0.05, 0) is 39.0 Å². The Morgan fingerprint density at radius 1 is 1.08 bits per heavy atom. The number of amides is 1. The lowest BCUT2D eigenvalue weighted by atomic mass is 10.1. The standard InChI is InChI=1S/C19H20N2O5/c1-11(22)14-9-17(21(4)10-14)19(25)26-13(3)18(24)20-16-8-6-5-7-15(16)12(2)23/h5-10,13H,1-4H3,(H,20,24)/t13-/m1/s1. The zero-order chi connectivity index (χ0) is 19.4. The second-order valence-electron chi connectivity index (χ2n) is 5.92. The molecule has 1 N–H and O–H groups in total. The number of aromatic nitrogens is 1. The predicted octanol–water partition coefficient (Wildman–Crippen LogP) is 2.61. The van der Waals surface area contributed by atoms with Gasteiger partial charge in [0.15, 0.2) is 17.7 Å². The zero-order valence-corrected chi connectivity index (χ0v) is 15.0. The van der Waals surface area contributed by atoms with Gasteiger partial charge in [0.2, 0.25) is 0 Å². The van der Waals surface area contributed by atoms with E-state index in [9.17, 15) is 19.2 Å². The second-order valence-corrected chi connectivity index (χ2v) is 5.92. The first kappa shape index (κ1) is 19.1. The molecule has 1 atom stereocenters. The van der Waals surface area contributed by atoms with Crippen molar-refractivity contribution in [2.24, 2.45) is 7.05 Å². The minimum absolute atomic E-state index is 0.166. The molecule has 0 aliphatic carbocycles. The molecular formula is C19H20N2O5. The summed E-state index contributed by atoms with van der Waals surface area (Å²) in [4.78, 5) is 47.6. The summed E-state index contributed by atoms with van der Waals surface area (Å²) in [6.07, 6.45) is 0.436. The van der Waals surface area contributed by atoms with E-state index in [1.54, 1.807) is 31.3 Å². The number of benzene rings is 1. The molecule has 136 valence electrons. The topological polar surface area (TPSA) is 94.5 Å². The lowest BCUT2D eigenvalue weighted by Gasteiger charge is -2.15. The van der Waals surface area contributed by atoms with E-state index in [0.717, 1.165) is 0 Å². The van der Waals surface area contributed by atoms with Crippen molar-refractivity contribution in [1.82, 2.24) is 4.57 Å². The van der Waals surface area contributed by atoms with Gasteiger partial charge in [-0.3, -0.25) is 14.4 Å². The Balaban J connectivity index is 2.09. The largest absolute Gasteiger partial charge is 0.448 e. The van der Waals surface area contributed by atoms with E-state index in [1.165, 1.54) is 37.6 Å². The molecule has 0 radical (unpaired) electrons. The molecule has 1 heterocycles. The molecule has 2 rings (SSSR count). The minimum Gasteiger partial charge on any atom is -0.448 e. The number of nitrogens with zero attached hydrogens (tertiary/aromatic N) is 1. The molecule has 0 bridgehead atoms. The first-order chi connectivity index (χ1) is 12.2. The number of carbonyl (C=O) groups is 4. The van der Waals surface area contributed by atoms with Crippen molar-refractivity contribution in [3.63, 3.8) is 0 Å². The fourth-order valence-corrected chi connectivity index (χ4v) is 2.37. The average molecular weight is 356 g/mol. The Hall–Kier alpha value is -3.22. The van der Waals surface area contributed by atoms with Crippen LogP contribution < -0.4 is 5.32 Å². The monoisotopic (exact) mass is 356 g/mol. The third-order valence-corrected chi connectivity index (χ3v) is 3.84. The molecule has 0 saturated carbocycles. The summed E-state index contributed by atoms with van der Waals surface area (Å²) in [6, 6.07) is 7.99. The summed E-state index contributed by atoms with van der Waals surface area (Å²) in [7, 11) is 1.61. The molecule has 0 aliphatic heterocycles. The van der Waals surface area contributed by atoms with E-state index in [0.29, 0.717) is 16.8 Å². The van der Waals surface area contributed by atoms with Crippen LogP contribution in [-0.2, 0) is 16.6 Å². The summed E-state index contributed by atoms with van der Waals surface area (Å²) in [6.45, 7) is 4.22. The fourth-order valence-electron chi connectivity index (χ4n) is 2.37. The maximum Gasteiger partial charge on any atom is 0.355 e. The van der Waals surface area contributed by atoms with Gasteiger partial charge in [0.1, 0.15) is 5.69 Å². The van der Waals surface area contributed by atoms with Crippen LogP contribution in [0, 0.1) is 0 Å². The third-order valence-electron chi connectivity index (χ3n) is 3.84. The number of esters is 1. The van der Waals surface area contributed by atoms with Crippen LogP contribution in [0.5, 0.6) is 0 Å². The van der Waals surface area contributed by atoms with E-state index < -0.39 is 18.0 Å². The lowest BCUT2D eigenvalue weighted by molar-refractivity contribution is -0.123. The summed E-state index contributed by atoms with van der Waals surface area (Å²) in [5, 5.41) is 2.59. The molecule has 0 aliphatic rings. The van der Waals surface area contributed by atoms with Gasteiger partial charge in [-0.25, -0.2) is 4.79 Å². The van der Waals surface area contributed by atoms with Crippen LogP contribution in [0.15, 0.2) is 36.5 Å². The number of hydrogen-bond acceptors (Lipinski definition) is 5. The second kappa shape index (κ2) is 7.77. The van der Waals surface area contributed by atoms with E-state index >= 15 is 0 Å². The highest BCUT2D eigenvalue weighted by molar-refractivity contribution is 6.05. The smallest absolute Gasteiger partial charge is 0.355 e. The van der Waals surface area contributed by atoms with Gasteiger partial charge in [0.05, 0.1) is 5.69 Å². The predicted molar refractivity (Wildman–Crippen MR) is 95.4 cm³/mol. The number of aryl methyl sites for hydroxylation is 1. The number of para-hydroxylation sites is 1. The number of nitrogens with one attached hydrogen (secondary N) is 1. The van der Waals surface area contributed by atoms with Crippen LogP contribution in [0.2, 0.25) is 0 Å². The van der Waals surface area contributed by atoms with Crippen LogP contribution in [0.4, 0.5) is 5.69 Å². The molecule has 26 heavy (non-hydrogen) atoms. The molecule has 7 heteroatoms. The quantitative estimate of drug-likeness (QED) is 0.634. The van der Waals surface area contributed by atoms with Crippen LogP contribution in [0.3, 0.4) is 0 Å². The van der Waals surface area contributed by atoms with Gasteiger partial charge >= 0.3 is 5.97 Å². The van der Waals surface area contributed by atoms with E-state index in [2.05, 4.69) is 5.32 Å². The summed E-state index contributed by atoms with van der Waals surface area (Å²) >= 11 is 0. The molecular weight excluding hydrogens is 336 g/mol. The Labute approximate surface area is 151 Å². The summed E-state index contributed by atoms with van der Waals surface area (Å²) in [5.74, 6) is -1.65. The number of ether oxygens (including phenoxy) is 1. The molecule has 0 unspecified atom stereocenters. The highest BCUT2D eigenvalue weighted by atomic mass is 16.5. The molecule has 1 aromatic heterocycles. The number of Topliss-reactive ketones (excluding diaryl/α,β-unsaturated/α-hetero) is 2. The highest BCUT2D eigenvalue weighted by Crippen LogP contribution is 2.17. The van der Waals surface area contributed by atoms with Crippen molar-refractivity contribution in [2.75, 3.05) is 5.32 Å². The van der Waals surface area contributed by atoms with Crippen molar-refractivity contribution in [3.8, 4) is 0 Å². The van der Waals surface area contributed by atoms with Gasteiger partial charge in [0.25, 0.3) is 5.91 Å². The lowest BCUT2D eigenvalue weighted by Crippen LogP contribution is -2.31. The SMILES string of the molecule is CC(=O)c1cc(C(=O)O[C@H](C)C(=O)Nc2ccccc2C(C)=O)n(C)c1. The fraction of sp³-hybridized carbons (Fsp3) is 0.263. The third kappa shape index (κ3) is 4.24. The van der Waals surface area contributed by atoms with Crippen LogP contribution in [0.25, 0.3) is 0 Å². The molecule has 0 saturated heterocycles. The Morgan fingerprint density at radius 3 is 2.31 bits per heavy atom. The van der Waals surface area contributed by atoms with Crippen molar-refractivity contribution in [3.05, 3.63) is 53.3 Å². The van der Waals surface area contributed by atoms with Gasteiger partial charge in [-0.1, -0.05) is 12.1 Å². The van der Waals surface area contributed by atoms with Crippen molar-refractivity contribution in [1.29, 1.82) is 0 Å². The van der Waals surface area contributed by atoms with Crippen molar-refractivity contribution in [2.45, 2.75) is 26.9 Å². The Bertz CT molecular complexity index is 882. The normalized spacial score (nSPS) is 11.5. The maximum absolute atomic E-state index is 12.3. The molecule has 0 fully saturated rings. The number of rotatable bonds is 6. The van der Waals surface area contributed by atoms with Crippen molar-refractivity contribution < 1.29 is 23.9 Å². The van der Waals surface area contributed by atoms with Crippen LogP contribution in [0.1, 0.15) is 52.0 Å². The first-order valence-corrected chi connectivity index (χ1v) is 7.99. The minimum atomic E-state index is -1.09. The summed E-state index contributed by atoms with van der Waals surface area (Å²) in [5.41, 5.74) is 1.27. The number of anilines is 1. The van der Waals surface area contributed by atoms with E-state index in [1.807, 2.05) is 0 Å². The molecule has 2 aromatic rings. The number of hydrogen-bond donors (Lipinski definition) is 1. The Morgan fingerprint density at radius 2 is 1.73 bits per heavy atom. The van der Waals surface area contributed by atoms with Gasteiger partial charge < -0.3 is 14.6 Å². The molecule has 0 spiro atoms. The van der Waals surface area contributed by atoms with Crippen LogP contribution in [-0.4, -0.2) is 34.1 Å². The van der Waals surface area contributed by atoms with Gasteiger partial charge in [-0.2, -0.15) is 0 Å². The molecule has 1 amide bonds.